The second-order valence-corrected chi connectivity index (χ2v) is 9.80. The van der Waals surface area contributed by atoms with E-state index in [-0.39, 0.29) is 24.0 Å². The maximum atomic E-state index is 13.4. The minimum absolute atomic E-state index is 0.0694. The Morgan fingerprint density at radius 2 is 1.78 bits per heavy atom. The summed E-state index contributed by atoms with van der Waals surface area (Å²) in [6.45, 7) is 0.676. The molecule has 1 saturated heterocycles. The van der Waals surface area contributed by atoms with Gasteiger partial charge in [-0.3, -0.25) is 0 Å². The van der Waals surface area contributed by atoms with Crippen LogP contribution in [0.2, 0.25) is 0 Å². The third kappa shape index (κ3) is 6.45. The topological polar surface area (TPSA) is 70.6 Å². The van der Waals surface area contributed by atoms with Crippen molar-refractivity contribution in [1.82, 2.24) is 10.6 Å². The highest BCUT2D eigenvalue weighted by atomic mass is 32.2. The third-order valence-electron chi connectivity index (χ3n) is 5.17. The first kappa shape index (κ1) is 20.0. The van der Waals surface area contributed by atoms with Crippen LogP contribution in [-0.2, 0) is 16.4 Å². The van der Waals surface area contributed by atoms with Crippen LogP contribution in [0.25, 0.3) is 0 Å². The number of benzene rings is 1. The number of nitrogens with zero attached hydrogens (tertiary/aromatic N) is 1. The molecule has 150 valence electrons. The molecule has 1 aromatic rings. The van der Waals surface area contributed by atoms with Crippen molar-refractivity contribution in [1.29, 1.82) is 0 Å². The van der Waals surface area contributed by atoms with Crippen LogP contribution in [0, 0.1) is 17.6 Å². The number of guanidine groups is 1. The summed E-state index contributed by atoms with van der Waals surface area (Å²) in [7, 11) is -2.92. The van der Waals surface area contributed by atoms with Crippen molar-refractivity contribution < 1.29 is 17.2 Å². The van der Waals surface area contributed by atoms with E-state index >= 15 is 0 Å². The molecule has 0 radical (unpaired) electrons. The molecule has 0 bridgehead atoms. The maximum Gasteiger partial charge on any atom is 0.191 e. The number of nitrogens with one attached hydrogen (secondary N) is 2. The van der Waals surface area contributed by atoms with Gasteiger partial charge in [-0.1, -0.05) is 19.3 Å². The van der Waals surface area contributed by atoms with E-state index in [1.165, 1.54) is 31.4 Å². The summed E-state index contributed by atoms with van der Waals surface area (Å²) < 4.78 is 50.0. The summed E-state index contributed by atoms with van der Waals surface area (Å²) >= 11 is 0. The molecule has 1 unspecified atom stereocenters. The quantitative estimate of drug-likeness (QED) is 0.590. The standard InChI is InChI=1S/C19H27F2N3O2S/c20-16-8-15(9-17(21)10-16)12-23-19(24-18-4-2-1-3-5-18)22-11-14-6-7-27(25,26)13-14/h8-10,14,18H,1-7,11-13H2,(H2,22,23,24). The summed E-state index contributed by atoms with van der Waals surface area (Å²) in [4.78, 5) is 4.48. The second kappa shape index (κ2) is 8.99. The van der Waals surface area contributed by atoms with Gasteiger partial charge in [0.2, 0.25) is 0 Å². The molecule has 5 nitrogen and oxygen atoms in total. The second-order valence-electron chi connectivity index (χ2n) is 7.57. The van der Waals surface area contributed by atoms with Gasteiger partial charge < -0.3 is 10.6 Å². The summed E-state index contributed by atoms with van der Waals surface area (Å²) in [6.07, 6.45) is 6.35. The van der Waals surface area contributed by atoms with Gasteiger partial charge in [0.25, 0.3) is 0 Å². The Labute approximate surface area is 159 Å². The first-order valence-electron chi connectivity index (χ1n) is 9.60. The van der Waals surface area contributed by atoms with Gasteiger partial charge in [-0.15, -0.1) is 0 Å². The van der Waals surface area contributed by atoms with Gasteiger partial charge in [-0.25, -0.2) is 22.2 Å². The molecule has 2 fully saturated rings. The average molecular weight is 400 g/mol. The van der Waals surface area contributed by atoms with E-state index in [1.807, 2.05) is 0 Å². The Morgan fingerprint density at radius 3 is 2.41 bits per heavy atom. The molecular formula is C19H27F2N3O2S. The minimum Gasteiger partial charge on any atom is -0.356 e. The van der Waals surface area contributed by atoms with Crippen molar-refractivity contribution >= 4 is 15.8 Å². The number of halogens is 2. The van der Waals surface area contributed by atoms with Crippen molar-refractivity contribution in [3.05, 3.63) is 35.4 Å². The molecule has 1 aromatic carbocycles. The zero-order valence-corrected chi connectivity index (χ0v) is 16.2. The number of rotatable bonds is 5. The molecule has 2 N–H and O–H groups in total. The van der Waals surface area contributed by atoms with Crippen molar-refractivity contribution in [2.24, 2.45) is 10.9 Å². The predicted octanol–water partition coefficient (Wildman–Crippen LogP) is 2.77. The van der Waals surface area contributed by atoms with Crippen molar-refractivity contribution in [3.8, 4) is 0 Å². The number of aliphatic imine (C=N–C) groups is 1. The number of sulfone groups is 1. The fraction of sp³-hybridized carbons (Fsp3) is 0.632. The van der Waals surface area contributed by atoms with E-state index in [0.717, 1.165) is 18.9 Å². The minimum atomic E-state index is -2.92. The van der Waals surface area contributed by atoms with Gasteiger partial charge >= 0.3 is 0 Å². The fourth-order valence-electron chi connectivity index (χ4n) is 3.74. The van der Waals surface area contributed by atoms with Crippen molar-refractivity contribution in [2.75, 3.05) is 18.1 Å². The van der Waals surface area contributed by atoms with Gasteiger partial charge in [-0.2, -0.15) is 0 Å². The van der Waals surface area contributed by atoms with Crippen LogP contribution in [0.15, 0.2) is 23.2 Å². The molecule has 1 aliphatic carbocycles. The molecule has 8 heteroatoms. The van der Waals surface area contributed by atoms with Crippen LogP contribution in [0.5, 0.6) is 0 Å². The highest BCUT2D eigenvalue weighted by molar-refractivity contribution is 7.91. The fourth-order valence-corrected chi connectivity index (χ4v) is 5.60. The van der Waals surface area contributed by atoms with Crippen LogP contribution in [-0.4, -0.2) is 38.5 Å². The smallest absolute Gasteiger partial charge is 0.191 e. The summed E-state index contributed by atoms with van der Waals surface area (Å²) in [6, 6.07) is 3.71. The lowest BCUT2D eigenvalue weighted by Crippen LogP contribution is -2.45. The molecule has 0 amide bonds. The summed E-state index contributed by atoms with van der Waals surface area (Å²) in [5.41, 5.74) is 0.459. The third-order valence-corrected chi connectivity index (χ3v) is 7.01. The van der Waals surface area contributed by atoms with Crippen LogP contribution < -0.4 is 10.6 Å². The lowest BCUT2D eigenvalue weighted by Gasteiger charge is -2.25. The molecule has 2 aliphatic rings. The molecule has 3 rings (SSSR count). The number of hydrogen-bond donors (Lipinski definition) is 2. The van der Waals surface area contributed by atoms with Gasteiger partial charge in [0.15, 0.2) is 15.8 Å². The summed E-state index contributed by atoms with van der Waals surface area (Å²) in [5.74, 6) is -0.149. The first-order valence-corrected chi connectivity index (χ1v) is 11.4. The van der Waals surface area contributed by atoms with E-state index in [1.54, 1.807) is 0 Å². The predicted molar refractivity (Wildman–Crippen MR) is 102 cm³/mol. The maximum absolute atomic E-state index is 13.4. The molecule has 0 spiro atoms. The van der Waals surface area contributed by atoms with Gasteiger partial charge in [0.05, 0.1) is 18.1 Å². The van der Waals surface area contributed by atoms with E-state index in [4.69, 9.17) is 0 Å². The Bertz CT molecular complexity index is 757. The zero-order chi connectivity index (χ0) is 19.3. The molecule has 1 saturated carbocycles. The molecule has 27 heavy (non-hydrogen) atoms. The van der Waals surface area contributed by atoms with Crippen LogP contribution in [0.4, 0.5) is 8.78 Å². The molecular weight excluding hydrogens is 372 g/mol. The van der Waals surface area contributed by atoms with E-state index in [9.17, 15) is 17.2 Å². The molecule has 0 aromatic heterocycles. The highest BCUT2D eigenvalue weighted by Gasteiger charge is 2.28. The van der Waals surface area contributed by atoms with E-state index in [2.05, 4.69) is 15.6 Å². The Morgan fingerprint density at radius 1 is 1.07 bits per heavy atom. The molecule has 1 aliphatic heterocycles. The molecule has 1 atom stereocenters. The van der Waals surface area contributed by atoms with Crippen LogP contribution in [0.1, 0.15) is 44.1 Å². The Hall–Kier alpha value is -1.70. The normalized spacial score (nSPS) is 23.3. The average Bonchev–Trinajstić information content (AvgIpc) is 2.96. The molecule has 1 heterocycles. The van der Waals surface area contributed by atoms with Crippen molar-refractivity contribution in [3.63, 3.8) is 0 Å². The first-order chi connectivity index (χ1) is 12.9. The zero-order valence-electron chi connectivity index (χ0n) is 15.4. The lowest BCUT2D eigenvalue weighted by molar-refractivity contribution is 0.408. The van der Waals surface area contributed by atoms with Crippen LogP contribution >= 0.6 is 0 Å². The largest absolute Gasteiger partial charge is 0.356 e. The van der Waals surface area contributed by atoms with E-state index < -0.39 is 21.5 Å². The SMILES string of the molecule is O=S1(=O)CCC(CNC(=NCc2cc(F)cc(F)c2)NC2CCCCC2)C1. The van der Waals surface area contributed by atoms with E-state index in [0.29, 0.717) is 30.5 Å². The Balaban J connectivity index is 1.64. The highest BCUT2D eigenvalue weighted by Crippen LogP contribution is 2.19. The van der Waals surface area contributed by atoms with Gasteiger partial charge in [0.1, 0.15) is 11.6 Å². The number of hydrogen-bond acceptors (Lipinski definition) is 3. The van der Waals surface area contributed by atoms with Crippen molar-refractivity contribution in [2.45, 2.75) is 51.1 Å². The lowest BCUT2D eigenvalue weighted by atomic mass is 9.96. The van der Waals surface area contributed by atoms with Crippen LogP contribution in [0.3, 0.4) is 0 Å². The Kier molecular flexibility index (Phi) is 6.68. The van der Waals surface area contributed by atoms with Gasteiger partial charge in [-0.05, 0) is 42.9 Å². The monoisotopic (exact) mass is 399 g/mol. The summed E-state index contributed by atoms with van der Waals surface area (Å²) in [5, 5.41) is 6.64. The van der Waals surface area contributed by atoms with Gasteiger partial charge in [0, 0.05) is 18.7 Å².